The van der Waals surface area contributed by atoms with Crippen LogP contribution in [0.2, 0.25) is 0 Å². The van der Waals surface area contributed by atoms with E-state index in [1.165, 1.54) is 11.3 Å². The zero-order valence-corrected chi connectivity index (χ0v) is 5.48. The van der Waals surface area contributed by atoms with Crippen LogP contribution in [0, 0.1) is 0 Å². The number of ether oxygens (including phenoxy) is 1. The van der Waals surface area contributed by atoms with Crippen LogP contribution in [0.1, 0.15) is 0 Å². The van der Waals surface area contributed by atoms with Crippen molar-refractivity contribution in [1.82, 2.24) is 0 Å². The molecule has 0 fully saturated rings. The third-order valence-electron chi connectivity index (χ3n) is 0.768. The van der Waals surface area contributed by atoms with Gasteiger partial charge >= 0.3 is 0 Å². The van der Waals surface area contributed by atoms with Gasteiger partial charge in [0.1, 0.15) is 0 Å². The predicted octanol–water partition coefficient (Wildman–Crippen LogP) is 1.24. The van der Waals surface area contributed by atoms with E-state index in [9.17, 15) is 4.79 Å². The van der Waals surface area contributed by atoms with Crippen LogP contribution < -0.4 is 4.74 Å². The Morgan fingerprint density at radius 3 is 3.22 bits per heavy atom. The van der Waals surface area contributed by atoms with Gasteiger partial charge in [0.25, 0.3) is 0 Å². The Kier molecular flexibility index (Phi) is 2.27. The van der Waals surface area contributed by atoms with Crippen molar-refractivity contribution in [3.63, 3.8) is 0 Å². The second-order valence-corrected chi connectivity index (χ2v) is 2.28. The SMILES string of the molecule is O=[C]COc1cccs1. The minimum Gasteiger partial charge on any atom is -0.476 e. The molecule has 1 radical (unpaired) electrons. The molecule has 0 aliphatic carbocycles. The van der Waals surface area contributed by atoms with Gasteiger partial charge in [0, 0.05) is 0 Å². The zero-order valence-electron chi connectivity index (χ0n) is 4.66. The number of thiophene rings is 1. The zero-order chi connectivity index (χ0) is 6.53. The predicted molar refractivity (Wildman–Crippen MR) is 35.5 cm³/mol. The maximum Gasteiger partial charge on any atom is 0.239 e. The van der Waals surface area contributed by atoms with Crippen LogP contribution in [0.5, 0.6) is 5.06 Å². The van der Waals surface area contributed by atoms with E-state index in [-0.39, 0.29) is 6.61 Å². The fourth-order valence-electron chi connectivity index (χ4n) is 0.446. The second kappa shape index (κ2) is 3.25. The molecule has 0 amide bonds. The summed E-state index contributed by atoms with van der Waals surface area (Å²) in [6, 6.07) is 3.67. The number of rotatable bonds is 3. The van der Waals surface area contributed by atoms with Crippen LogP contribution in [-0.4, -0.2) is 12.9 Å². The molecule has 1 aromatic heterocycles. The van der Waals surface area contributed by atoms with E-state index in [2.05, 4.69) is 0 Å². The molecule has 0 aromatic carbocycles. The van der Waals surface area contributed by atoms with Crippen LogP contribution in [-0.2, 0) is 4.79 Å². The summed E-state index contributed by atoms with van der Waals surface area (Å²) < 4.78 is 4.89. The number of carbonyl (C=O) groups excluding carboxylic acids is 1. The largest absolute Gasteiger partial charge is 0.476 e. The minimum absolute atomic E-state index is 0.0283. The molecule has 0 unspecified atom stereocenters. The lowest BCUT2D eigenvalue weighted by Gasteiger charge is -1.92. The van der Waals surface area contributed by atoms with Crippen molar-refractivity contribution in [1.29, 1.82) is 0 Å². The maximum absolute atomic E-state index is 9.65. The lowest BCUT2D eigenvalue weighted by molar-refractivity contribution is 0.375. The third kappa shape index (κ3) is 1.85. The quantitative estimate of drug-likeness (QED) is 0.633. The van der Waals surface area contributed by atoms with Crippen LogP contribution in [0.15, 0.2) is 17.5 Å². The van der Waals surface area contributed by atoms with Gasteiger partial charge in [-0.15, -0.1) is 11.3 Å². The summed E-state index contributed by atoms with van der Waals surface area (Å²) in [5, 5.41) is 2.65. The van der Waals surface area contributed by atoms with Crippen LogP contribution in [0.25, 0.3) is 0 Å². The molecule has 0 N–H and O–H groups in total. The van der Waals surface area contributed by atoms with E-state index in [0.29, 0.717) is 0 Å². The fourth-order valence-corrected chi connectivity index (χ4v) is 1.02. The molecule has 0 saturated heterocycles. The van der Waals surface area contributed by atoms with E-state index in [4.69, 9.17) is 4.74 Å². The lowest BCUT2D eigenvalue weighted by atomic mass is 10.6. The van der Waals surface area contributed by atoms with Gasteiger partial charge in [-0.3, -0.25) is 4.79 Å². The lowest BCUT2D eigenvalue weighted by Crippen LogP contribution is -1.94. The molecule has 47 valence electrons. The van der Waals surface area contributed by atoms with E-state index in [0.717, 1.165) is 5.06 Å². The Balaban J connectivity index is 2.38. The van der Waals surface area contributed by atoms with Crippen LogP contribution in [0.4, 0.5) is 0 Å². The van der Waals surface area contributed by atoms with Gasteiger partial charge in [-0.2, -0.15) is 0 Å². The smallest absolute Gasteiger partial charge is 0.239 e. The van der Waals surface area contributed by atoms with Crippen LogP contribution in [0.3, 0.4) is 0 Å². The summed E-state index contributed by atoms with van der Waals surface area (Å²) in [6.45, 7) is 0.0283. The Labute approximate surface area is 57.1 Å². The molecule has 1 rings (SSSR count). The first-order valence-corrected chi connectivity index (χ1v) is 3.33. The summed E-state index contributed by atoms with van der Waals surface area (Å²) in [5.74, 6) is 0. The molecule has 0 atom stereocenters. The van der Waals surface area contributed by atoms with E-state index in [1.54, 1.807) is 6.29 Å². The molecule has 0 aliphatic rings. The molecule has 0 spiro atoms. The van der Waals surface area contributed by atoms with Gasteiger partial charge in [0.15, 0.2) is 11.7 Å². The molecular formula is C6H5O2S. The van der Waals surface area contributed by atoms with Crippen LogP contribution >= 0.6 is 11.3 Å². The summed E-state index contributed by atoms with van der Waals surface area (Å²) in [6.07, 6.45) is 1.64. The number of hydrogen-bond acceptors (Lipinski definition) is 3. The highest BCUT2D eigenvalue weighted by Gasteiger charge is 1.89. The van der Waals surface area contributed by atoms with Gasteiger partial charge in [-0.25, -0.2) is 0 Å². The van der Waals surface area contributed by atoms with E-state index in [1.807, 2.05) is 17.5 Å². The molecule has 0 aliphatic heterocycles. The second-order valence-electron chi connectivity index (χ2n) is 1.37. The average Bonchev–Trinajstić information content (AvgIpc) is 2.34. The van der Waals surface area contributed by atoms with Crippen molar-refractivity contribution in [2.24, 2.45) is 0 Å². The highest BCUT2D eigenvalue weighted by Crippen LogP contribution is 2.17. The minimum atomic E-state index is 0.0283. The fraction of sp³-hybridized carbons (Fsp3) is 0.167. The number of hydrogen-bond donors (Lipinski definition) is 0. The van der Waals surface area contributed by atoms with Crippen molar-refractivity contribution in [2.75, 3.05) is 6.61 Å². The average molecular weight is 141 g/mol. The van der Waals surface area contributed by atoms with E-state index < -0.39 is 0 Å². The topological polar surface area (TPSA) is 26.3 Å². The van der Waals surface area contributed by atoms with Crippen molar-refractivity contribution in [3.8, 4) is 5.06 Å². The third-order valence-corrected chi connectivity index (χ3v) is 1.55. The summed E-state index contributed by atoms with van der Waals surface area (Å²) in [4.78, 5) is 9.65. The monoisotopic (exact) mass is 141 g/mol. The van der Waals surface area contributed by atoms with Crippen molar-refractivity contribution in [3.05, 3.63) is 17.5 Å². The molecule has 9 heavy (non-hydrogen) atoms. The first-order valence-electron chi connectivity index (χ1n) is 2.45. The van der Waals surface area contributed by atoms with Crippen molar-refractivity contribution in [2.45, 2.75) is 0 Å². The molecule has 0 bridgehead atoms. The molecule has 0 saturated carbocycles. The summed E-state index contributed by atoms with van der Waals surface area (Å²) in [5.41, 5.74) is 0. The Morgan fingerprint density at radius 2 is 2.67 bits per heavy atom. The highest BCUT2D eigenvalue weighted by atomic mass is 32.1. The molecule has 1 aromatic rings. The first kappa shape index (κ1) is 6.29. The molecule has 3 heteroatoms. The normalized spacial score (nSPS) is 8.89. The highest BCUT2D eigenvalue weighted by molar-refractivity contribution is 7.11. The standard InChI is InChI=1S/C6H5O2S/c7-3-4-8-6-2-1-5-9-6/h1-2,5H,4H2. The molecular weight excluding hydrogens is 136 g/mol. The van der Waals surface area contributed by atoms with Gasteiger partial charge in [-0.05, 0) is 17.5 Å². The Morgan fingerprint density at radius 1 is 1.78 bits per heavy atom. The van der Waals surface area contributed by atoms with Gasteiger partial charge in [-0.1, -0.05) is 0 Å². The maximum atomic E-state index is 9.65. The summed E-state index contributed by atoms with van der Waals surface area (Å²) in [7, 11) is 0. The van der Waals surface area contributed by atoms with Gasteiger partial charge in [0.2, 0.25) is 6.29 Å². The first-order chi connectivity index (χ1) is 4.43. The van der Waals surface area contributed by atoms with Gasteiger partial charge in [0.05, 0.1) is 0 Å². The van der Waals surface area contributed by atoms with Crippen molar-refractivity contribution >= 4 is 17.6 Å². The Hall–Kier alpha value is -0.830. The van der Waals surface area contributed by atoms with E-state index >= 15 is 0 Å². The van der Waals surface area contributed by atoms with Crippen molar-refractivity contribution < 1.29 is 9.53 Å². The molecule has 2 nitrogen and oxygen atoms in total. The Bertz CT molecular complexity index is 169. The molecule has 1 heterocycles. The summed E-state index contributed by atoms with van der Waals surface area (Å²) >= 11 is 1.46. The van der Waals surface area contributed by atoms with Gasteiger partial charge < -0.3 is 4.74 Å².